The average Bonchev–Trinajstić information content (AvgIpc) is 2.84. The largest absolute Gasteiger partial charge is 0.463 e. The number of hydrogen-bond acceptors (Lipinski definition) is 5. The first-order chi connectivity index (χ1) is 13.2. The van der Waals surface area contributed by atoms with Gasteiger partial charge in [-0.3, -0.25) is 4.79 Å². The van der Waals surface area contributed by atoms with E-state index < -0.39 is 5.60 Å². The molecule has 0 amide bonds. The van der Waals surface area contributed by atoms with Crippen molar-refractivity contribution in [3.63, 3.8) is 0 Å². The Hall–Kier alpha value is -2.30. The van der Waals surface area contributed by atoms with E-state index in [1.54, 1.807) is 6.92 Å². The normalized spacial score (nSPS) is 18.8. The lowest BCUT2D eigenvalue weighted by molar-refractivity contribution is -0.160. The Morgan fingerprint density at radius 1 is 1.14 bits per heavy atom. The Labute approximate surface area is 168 Å². The van der Waals surface area contributed by atoms with Crippen LogP contribution in [0.15, 0.2) is 41.6 Å². The van der Waals surface area contributed by atoms with Crippen molar-refractivity contribution in [1.29, 1.82) is 0 Å². The van der Waals surface area contributed by atoms with E-state index in [1.165, 1.54) is 0 Å². The molecule has 5 nitrogen and oxygen atoms in total. The van der Waals surface area contributed by atoms with Gasteiger partial charge in [-0.15, -0.1) is 0 Å². The summed E-state index contributed by atoms with van der Waals surface area (Å²) in [5, 5.41) is 3.50. The smallest absolute Gasteiger partial charge is 0.335 e. The summed E-state index contributed by atoms with van der Waals surface area (Å²) in [7, 11) is 0. The molecule has 0 heterocycles. The average molecular weight is 388 g/mol. The van der Waals surface area contributed by atoms with E-state index in [0.29, 0.717) is 37.9 Å². The van der Waals surface area contributed by atoms with Crippen LogP contribution in [0.25, 0.3) is 0 Å². The quantitative estimate of drug-likeness (QED) is 0.718. The molecule has 28 heavy (non-hydrogen) atoms. The highest BCUT2D eigenvalue weighted by molar-refractivity contribution is 5.89. The fourth-order valence-corrected chi connectivity index (χ4v) is 3.39. The lowest BCUT2D eigenvalue weighted by Gasteiger charge is -2.23. The number of carbonyl (C=O) groups is 2. The van der Waals surface area contributed by atoms with Gasteiger partial charge in [-0.25, -0.2) is 4.79 Å². The van der Waals surface area contributed by atoms with Crippen LogP contribution in [0.5, 0.6) is 0 Å². The molecule has 0 aromatic heterocycles. The third-order valence-electron chi connectivity index (χ3n) is 4.80. The molecular formula is C23H33NO4. The van der Waals surface area contributed by atoms with Crippen molar-refractivity contribution in [2.75, 3.05) is 6.61 Å². The zero-order valence-electron chi connectivity index (χ0n) is 17.7. The molecule has 154 valence electrons. The lowest BCUT2D eigenvalue weighted by atomic mass is 9.99. The molecule has 0 fully saturated rings. The summed E-state index contributed by atoms with van der Waals surface area (Å²) in [6.07, 6.45) is 2.37. The number of esters is 2. The molecule has 0 radical (unpaired) electrons. The van der Waals surface area contributed by atoms with E-state index in [1.807, 2.05) is 39.0 Å². The highest BCUT2D eigenvalue weighted by atomic mass is 16.6. The summed E-state index contributed by atoms with van der Waals surface area (Å²) in [5.74, 6) is -0.696. The highest BCUT2D eigenvalue weighted by Crippen LogP contribution is 2.31. The standard InChI is InChI=1S/C23H33NO4/c1-6-27-22(26)19-14-12-18(21(25)28-23(3,4)5)13-15-20(19)24-16(2)17-10-8-7-9-11-17/h7-11,16,18,24H,6,12-15H2,1-5H3. The van der Waals surface area contributed by atoms with E-state index >= 15 is 0 Å². The lowest BCUT2D eigenvalue weighted by Crippen LogP contribution is -2.28. The summed E-state index contributed by atoms with van der Waals surface area (Å²) >= 11 is 0. The minimum Gasteiger partial charge on any atom is -0.463 e. The summed E-state index contributed by atoms with van der Waals surface area (Å²) < 4.78 is 10.8. The van der Waals surface area contributed by atoms with Gasteiger partial charge in [0.25, 0.3) is 0 Å². The van der Waals surface area contributed by atoms with Crippen LogP contribution in [0, 0.1) is 5.92 Å². The molecule has 0 saturated carbocycles. The summed E-state index contributed by atoms with van der Waals surface area (Å²) in [6.45, 7) is 9.83. The van der Waals surface area contributed by atoms with Gasteiger partial charge >= 0.3 is 11.9 Å². The van der Waals surface area contributed by atoms with Crippen molar-refractivity contribution in [1.82, 2.24) is 5.32 Å². The third kappa shape index (κ3) is 6.39. The molecule has 5 heteroatoms. The number of allylic oxidation sites excluding steroid dienone is 1. The van der Waals surface area contributed by atoms with Crippen LogP contribution in [0.4, 0.5) is 0 Å². The van der Waals surface area contributed by atoms with Gasteiger partial charge in [0.1, 0.15) is 5.60 Å². The number of benzene rings is 1. The van der Waals surface area contributed by atoms with Gasteiger partial charge < -0.3 is 14.8 Å². The molecule has 0 spiro atoms. The predicted octanol–water partition coefficient (Wildman–Crippen LogP) is 4.69. The van der Waals surface area contributed by atoms with Crippen LogP contribution in [0.2, 0.25) is 0 Å². The van der Waals surface area contributed by atoms with E-state index in [4.69, 9.17) is 9.47 Å². The Kier molecular flexibility index (Phi) is 7.67. The van der Waals surface area contributed by atoms with Gasteiger partial charge in [-0.1, -0.05) is 30.3 Å². The number of ether oxygens (including phenoxy) is 2. The fraction of sp³-hybridized carbons (Fsp3) is 0.565. The number of rotatable bonds is 6. The number of nitrogens with one attached hydrogen (secondary N) is 1. The van der Waals surface area contributed by atoms with Crippen molar-refractivity contribution < 1.29 is 19.1 Å². The van der Waals surface area contributed by atoms with Crippen molar-refractivity contribution in [2.24, 2.45) is 5.92 Å². The van der Waals surface area contributed by atoms with Gasteiger partial charge in [0, 0.05) is 11.7 Å². The fourth-order valence-electron chi connectivity index (χ4n) is 3.39. The molecule has 1 aliphatic carbocycles. The zero-order chi connectivity index (χ0) is 20.7. The van der Waals surface area contributed by atoms with Crippen LogP contribution in [-0.2, 0) is 19.1 Å². The van der Waals surface area contributed by atoms with Crippen molar-refractivity contribution in [3.05, 3.63) is 47.2 Å². The van der Waals surface area contributed by atoms with Crippen LogP contribution in [0.1, 0.15) is 71.9 Å². The van der Waals surface area contributed by atoms with Crippen LogP contribution >= 0.6 is 0 Å². The van der Waals surface area contributed by atoms with E-state index in [-0.39, 0.29) is 23.9 Å². The predicted molar refractivity (Wildman–Crippen MR) is 109 cm³/mol. The van der Waals surface area contributed by atoms with Gasteiger partial charge in [0.2, 0.25) is 0 Å². The maximum atomic E-state index is 12.5. The third-order valence-corrected chi connectivity index (χ3v) is 4.80. The Balaban J connectivity index is 2.17. The first-order valence-corrected chi connectivity index (χ1v) is 10.1. The maximum absolute atomic E-state index is 12.5. The van der Waals surface area contributed by atoms with Crippen molar-refractivity contribution >= 4 is 11.9 Å². The minimum atomic E-state index is -0.510. The van der Waals surface area contributed by atoms with Crippen molar-refractivity contribution in [3.8, 4) is 0 Å². The molecule has 0 bridgehead atoms. The zero-order valence-corrected chi connectivity index (χ0v) is 17.7. The first-order valence-electron chi connectivity index (χ1n) is 10.1. The van der Waals surface area contributed by atoms with Gasteiger partial charge in [-0.2, -0.15) is 0 Å². The van der Waals surface area contributed by atoms with Crippen LogP contribution in [0.3, 0.4) is 0 Å². The number of hydrogen-bond donors (Lipinski definition) is 1. The Bertz CT molecular complexity index is 703. The molecule has 1 N–H and O–H groups in total. The second-order valence-electron chi connectivity index (χ2n) is 8.26. The molecule has 1 aliphatic rings. The minimum absolute atomic E-state index is 0.0544. The SMILES string of the molecule is CCOC(=O)C1=C(NC(C)c2ccccc2)CCC(C(=O)OC(C)(C)C)CC1. The molecular weight excluding hydrogens is 354 g/mol. The van der Waals surface area contributed by atoms with E-state index in [9.17, 15) is 9.59 Å². The molecule has 1 aromatic rings. The summed E-state index contributed by atoms with van der Waals surface area (Å²) in [4.78, 5) is 25.1. The maximum Gasteiger partial charge on any atom is 0.335 e. The molecule has 2 atom stereocenters. The topological polar surface area (TPSA) is 64.6 Å². The van der Waals surface area contributed by atoms with Crippen molar-refractivity contribution in [2.45, 2.75) is 71.9 Å². The molecule has 0 aliphatic heterocycles. The molecule has 0 saturated heterocycles. The van der Waals surface area contributed by atoms with E-state index in [2.05, 4.69) is 24.4 Å². The van der Waals surface area contributed by atoms with Crippen LogP contribution in [-0.4, -0.2) is 24.1 Å². The molecule has 2 unspecified atom stereocenters. The Morgan fingerprint density at radius 2 is 1.79 bits per heavy atom. The van der Waals surface area contributed by atoms with Gasteiger partial charge in [0.05, 0.1) is 18.1 Å². The summed E-state index contributed by atoms with van der Waals surface area (Å²) in [5.41, 5.74) is 2.16. The highest BCUT2D eigenvalue weighted by Gasteiger charge is 2.30. The molecule has 1 aromatic carbocycles. The monoisotopic (exact) mass is 387 g/mol. The Morgan fingerprint density at radius 3 is 2.39 bits per heavy atom. The number of carbonyl (C=O) groups excluding carboxylic acids is 2. The first kappa shape index (κ1) is 22.0. The summed E-state index contributed by atoms with van der Waals surface area (Å²) in [6, 6.07) is 10.2. The van der Waals surface area contributed by atoms with Gasteiger partial charge in [0.15, 0.2) is 0 Å². The second-order valence-corrected chi connectivity index (χ2v) is 8.26. The van der Waals surface area contributed by atoms with E-state index in [0.717, 1.165) is 11.3 Å². The second kappa shape index (κ2) is 9.76. The molecule has 2 rings (SSSR count). The van der Waals surface area contributed by atoms with Gasteiger partial charge in [-0.05, 0) is 65.9 Å². The van der Waals surface area contributed by atoms with Crippen LogP contribution < -0.4 is 5.32 Å².